The molecule has 6 heteroatoms. The summed E-state index contributed by atoms with van der Waals surface area (Å²) in [6.45, 7) is 0. The molecule has 3 aromatic rings. The van der Waals surface area contributed by atoms with Crippen molar-refractivity contribution in [3.8, 4) is 11.3 Å². The van der Waals surface area contributed by atoms with E-state index in [2.05, 4.69) is 5.10 Å². The maximum Gasteiger partial charge on any atom is 0.251 e. The second kappa shape index (κ2) is 3.79. The Hall–Kier alpha value is -2.47. The number of aromatic nitrogens is 2. The van der Waals surface area contributed by atoms with Crippen molar-refractivity contribution >= 4 is 26.7 Å². The third-order valence-electron chi connectivity index (χ3n) is 3.66. The van der Waals surface area contributed by atoms with E-state index >= 15 is 0 Å². The Morgan fingerprint density at radius 2 is 1.62 bits per heavy atom. The van der Waals surface area contributed by atoms with E-state index in [9.17, 15) is 13.2 Å². The highest BCUT2D eigenvalue weighted by atomic mass is 32.2. The third-order valence-corrected chi connectivity index (χ3v) is 4.57. The minimum atomic E-state index is -3.53. The molecule has 21 heavy (non-hydrogen) atoms. The molecule has 0 bridgehead atoms. The molecule has 2 aromatic carbocycles. The number of benzene rings is 2. The highest BCUT2D eigenvalue weighted by molar-refractivity contribution is 7.89. The van der Waals surface area contributed by atoms with Crippen LogP contribution in [0.25, 0.3) is 22.2 Å². The quantitative estimate of drug-likeness (QED) is 0.539. The highest BCUT2D eigenvalue weighted by Gasteiger charge is 2.29. The van der Waals surface area contributed by atoms with Crippen LogP contribution in [0.5, 0.6) is 0 Å². The minimum absolute atomic E-state index is 0.100. The number of rotatable bonds is 1. The fourth-order valence-electron chi connectivity index (χ4n) is 2.81. The van der Waals surface area contributed by atoms with Crippen molar-refractivity contribution in [1.29, 1.82) is 0 Å². The lowest BCUT2D eigenvalue weighted by molar-refractivity contribution is 0.104. The molecule has 0 N–H and O–H groups in total. The molecule has 0 aliphatic heterocycles. The number of ketones is 1. The summed E-state index contributed by atoms with van der Waals surface area (Å²) in [6, 6.07) is 12.2. The normalized spacial score (nSPS) is 13.5. The van der Waals surface area contributed by atoms with E-state index in [0.717, 1.165) is 10.3 Å². The second-order valence-electron chi connectivity index (χ2n) is 5.03. The topological polar surface area (TPSA) is 69.0 Å². The number of hydrogen-bond donors (Lipinski definition) is 0. The molecule has 0 radical (unpaired) electrons. The van der Waals surface area contributed by atoms with Gasteiger partial charge in [0.2, 0.25) is 0 Å². The average molecular weight is 298 g/mol. The second-order valence-corrected chi connectivity index (χ2v) is 6.84. The van der Waals surface area contributed by atoms with Gasteiger partial charge in [0.15, 0.2) is 5.78 Å². The van der Waals surface area contributed by atoms with Crippen molar-refractivity contribution in [3.05, 3.63) is 53.6 Å². The third kappa shape index (κ3) is 1.53. The molecule has 0 saturated carbocycles. The summed E-state index contributed by atoms with van der Waals surface area (Å²) in [5.74, 6) is -0.100. The molecule has 0 spiro atoms. The molecule has 0 saturated heterocycles. The van der Waals surface area contributed by atoms with Crippen molar-refractivity contribution in [2.24, 2.45) is 0 Å². The molecule has 1 aliphatic carbocycles. The van der Waals surface area contributed by atoms with Gasteiger partial charge < -0.3 is 0 Å². The zero-order valence-corrected chi connectivity index (χ0v) is 11.9. The van der Waals surface area contributed by atoms with Gasteiger partial charge in [0.25, 0.3) is 10.0 Å². The Bertz CT molecular complexity index is 1030. The Labute approximate surface area is 120 Å². The first kappa shape index (κ1) is 12.3. The molecule has 0 unspecified atom stereocenters. The summed E-state index contributed by atoms with van der Waals surface area (Å²) < 4.78 is 24.8. The lowest BCUT2D eigenvalue weighted by atomic mass is 9.87. The summed E-state index contributed by atoms with van der Waals surface area (Å²) in [7, 11) is -3.53. The summed E-state index contributed by atoms with van der Waals surface area (Å²) in [6.07, 6.45) is 1.10. The predicted octanol–water partition coefficient (Wildman–Crippen LogP) is 2.06. The van der Waals surface area contributed by atoms with E-state index in [1.165, 1.54) is 0 Å². The monoisotopic (exact) mass is 298 g/mol. The van der Waals surface area contributed by atoms with Crippen molar-refractivity contribution in [2.75, 3.05) is 6.26 Å². The number of hydrogen-bond acceptors (Lipinski definition) is 4. The van der Waals surface area contributed by atoms with Gasteiger partial charge in [0, 0.05) is 22.1 Å². The van der Waals surface area contributed by atoms with E-state index < -0.39 is 10.0 Å². The lowest BCUT2D eigenvalue weighted by Gasteiger charge is -2.13. The Balaban J connectivity index is 2.26. The van der Waals surface area contributed by atoms with Crippen LogP contribution in [0, 0.1) is 0 Å². The van der Waals surface area contributed by atoms with Gasteiger partial charge in [-0.2, -0.15) is 9.19 Å². The van der Waals surface area contributed by atoms with E-state index in [4.69, 9.17) is 0 Å². The fraction of sp³-hybridized carbons (Fsp3) is 0.0667. The van der Waals surface area contributed by atoms with Gasteiger partial charge in [-0.25, -0.2) is 8.42 Å². The lowest BCUT2D eigenvalue weighted by Crippen LogP contribution is -2.11. The number of fused-ring (bicyclic) bond motifs is 2. The van der Waals surface area contributed by atoms with Crippen molar-refractivity contribution in [3.63, 3.8) is 0 Å². The molecule has 104 valence electrons. The van der Waals surface area contributed by atoms with Crippen molar-refractivity contribution < 1.29 is 13.2 Å². The molecule has 4 rings (SSSR count). The van der Waals surface area contributed by atoms with Crippen molar-refractivity contribution in [2.45, 2.75) is 0 Å². The van der Waals surface area contributed by atoms with Crippen molar-refractivity contribution in [1.82, 2.24) is 9.19 Å². The zero-order chi connectivity index (χ0) is 14.8. The van der Waals surface area contributed by atoms with Gasteiger partial charge in [-0.1, -0.05) is 36.4 Å². The maximum atomic E-state index is 12.6. The van der Waals surface area contributed by atoms with Crippen LogP contribution in [0.15, 0.2) is 42.5 Å². The van der Waals surface area contributed by atoms with Gasteiger partial charge in [0.1, 0.15) is 5.69 Å². The molecule has 1 aliphatic rings. The molecule has 1 aromatic heterocycles. The van der Waals surface area contributed by atoms with Gasteiger partial charge >= 0.3 is 0 Å². The Kier molecular flexibility index (Phi) is 2.22. The number of nitrogens with zero attached hydrogens (tertiary/aromatic N) is 2. The molecule has 0 amide bonds. The van der Waals surface area contributed by atoms with Crippen LogP contribution in [0.4, 0.5) is 0 Å². The molecule has 0 fully saturated rings. The fourth-order valence-corrected chi connectivity index (χ4v) is 3.55. The molecule has 0 atom stereocenters. The molecular formula is C15H10N2O3S. The zero-order valence-electron chi connectivity index (χ0n) is 11.1. The van der Waals surface area contributed by atoms with Gasteiger partial charge in [-0.15, -0.1) is 0 Å². The van der Waals surface area contributed by atoms with Crippen LogP contribution < -0.4 is 0 Å². The van der Waals surface area contributed by atoms with Crippen LogP contribution in [0.1, 0.15) is 15.9 Å². The predicted molar refractivity (Wildman–Crippen MR) is 78.8 cm³/mol. The van der Waals surface area contributed by atoms with E-state index in [-0.39, 0.29) is 5.78 Å². The maximum absolute atomic E-state index is 12.6. The van der Waals surface area contributed by atoms with Crippen LogP contribution in [0.2, 0.25) is 0 Å². The summed E-state index contributed by atoms with van der Waals surface area (Å²) >= 11 is 0. The van der Waals surface area contributed by atoms with Crippen LogP contribution >= 0.6 is 0 Å². The number of carbonyl (C=O) groups excluding carboxylic acids is 1. The van der Waals surface area contributed by atoms with Crippen LogP contribution in [-0.2, 0) is 10.0 Å². The van der Waals surface area contributed by atoms with E-state index in [1.807, 2.05) is 6.07 Å². The average Bonchev–Trinajstić information content (AvgIpc) is 2.85. The van der Waals surface area contributed by atoms with E-state index in [0.29, 0.717) is 33.3 Å². The standard InChI is InChI=1S/C15H10N2O3S/c1-21(19,20)17-12-8-4-7-11-13(12)14(16-17)9-5-2-3-6-10(9)15(11)18/h2-8H,1H3. The molecule has 1 heterocycles. The Morgan fingerprint density at radius 1 is 0.952 bits per heavy atom. The van der Waals surface area contributed by atoms with Crippen LogP contribution in [-0.4, -0.2) is 29.6 Å². The first-order valence-corrected chi connectivity index (χ1v) is 8.20. The SMILES string of the molecule is CS(=O)(=O)n1nc2c3c(cccc31)C(=O)c1ccccc1-2. The van der Waals surface area contributed by atoms with E-state index in [1.54, 1.807) is 36.4 Å². The number of carbonyl (C=O) groups is 1. The molecular weight excluding hydrogens is 288 g/mol. The summed E-state index contributed by atoms with van der Waals surface area (Å²) in [5, 5.41) is 4.85. The summed E-state index contributed by atoms with van der Waals surface area (Å²) in [4.78, 5) is 12.6. The Morgan fingerprint density at radius 3 is 2.33 bits per heavy atom. The minimum Gasteiger partial charge on any atom is -0.289 e. The largest absolute Gasteiger partial charge is 0.289 e. The summed E-state index contributed by atoms with van der Waals surface area (Å²) in [5.41, 5.74) is 2.70. The van der Waals surface area contributed by atoms with Crippen LogP contribution in [0.3, 0.4) is 0 Å². The molecule has 5 nitrogen and oxygen atoms in total. The smallest absolute Gasteiger partial charge is 0.251 e. The van der Waals surface area contributed by atoms with Gasteiger partial charge in [-0.05, 0) is 6.07 Å². The van der Waals surface area contributed by atoms with Gasteiger partial charge in [-0.3, -0.25) is 4.79 Å². The van der Waals surface area contributed by atoms with Gasteiger partial charge in [0.05, 0.1) is 11.8 Å². The first-order chi connectivity index (χ1) is 9.98. The first-order valence-electron chi connectivity index (χ1n) is 6.35. The highest BCUT2D eigenvalue weighted by Crippen LogP contribution is 2.38.